The maximum atomic E-state index is 13.6. The third-order valence-electron chi connectivity index (χ3n) is 3.99. The van der Waals surface area contributed by atoms with Crippen molar-refractivity contribution in [2.75, 3.05) is 13.1 Å². The van der Waals surface area contributed by atoms with E-state index < -0.39 is 37.0 Å². The largest absolute Gasteiger partial charge is 0.392 e. The summed E-state index contributed by atoms with van der Waals surface area (Å²) in [4.78, 5) is 13.6. The Kier molecular flexibility index (Phi) is 5.56. The molecule has 0 radical (unpaired) electrons. The van der Waals surface area contributed by atoms with Crippen molar-refractivity contribution < 1.29 is 24.5 Å². The molecular formula is C14H19ClFN3O4. The van der Waals surface area contributed by atoms with Crippen molar-refractivity contribution in [1.82, 2.24) is 9.80 Å². The summed E-state index contributed by atoms with van der Waals surface area (Å²) in [5.41, 5.74) is 5.83. The summed E-state index contributed by atoms with van der Waals surface area (Å²) in [6.45, 7) is 0.987. The van der Waals surface area contributed by atoms with E-state index in [0.29, 0.717) is 11.1 Å². The van der Waals surface area contributed by atoms with Gasteiger partial charge in [0.15, 0.2) is 6.35 Å². The van der Waals surface area contributed by atoms with Crippen LogP contribution in [-0.4, -0.2) is 56.7 Å². The fraction of sp³-hybridized carbons (Fsp3) is 0.500. The van der Waals surface area contributed by atoms with Gasteiger partial charge in [-0.2, -0.15) is 0 Å². The smallest absolute Gasteiger partial charge is 0.231 e. The zero-order chi connectivity index (χ0) is 17.3. The molecule has 23 heavy (non-hydrogen) atoms. The average molecular weight is 348 g/mol. The summed E-state index contributed by atoms with van der Waals surface area (Å²) in [5.74, 6) is -1.26. The van der Waals surface area contributed by atoms with Crippen molar-refractivity contribution >= 4 is 17.5 Å². The number of carbonyl (C=O) groups excluding carboxylic acids is 1. The van der Waals surface area contributed by atoms with Crippen LogP contribution in [0, 0.1) is 5.82 Å². The summed E-state index contributed by atoms with van der Waals surface area (Å²) in [6.07, 6.45) is -2.37. The molecular weight excluding hydrogens is 329 g/mol. The van der Waals surface area contributed by atoms with Crippen molar-refractivity contribution in [1.29, 1.82) is 0 Å². The number of rotatable bonds is 5. The number of aliphatic hydroxyl groups excluding tert-OH is 3. The standard InChI is InChI=1S/C14H19ClFN3O4/c1-7(9-2-8(16)3-11(15)10(9)6-20)18-5-13(22)19(14(18)23)4-12(17)21/h2-3,7,13-14,20,22-23H,4-6H2,1H3,(H2,17,21). The lowest BCUT2D eigenvalue weighted by atomic mass is 10.0. The molecule has 2 rings (SSSR count). The number of carbonyl (C=O) groups is 1. The quantitative estimate of drug-likeness (QED) is 0.583. The van der Waals surface area contributed by atoms with Gasteiger partial charge in [-0.1, -0.05) is 11.6 Å². The van der Waals surface area contributed by atoms with Crippen LogP contribution in [0.25, 0.3) is 0 Å². The van der Waals surface area contributed by atoms with Crippen LogP contribution in [0.4, 0.5) is 4.39 Å². The molecule has 1 aromatic rings. The predicted octanol–water partition coefficient (Wildman–Crippen LogP) is -0.270. The molecule has 3 unspecified atom stereocenters. The fourth-order valence-corrected chi connectivity index (χ4v) is 3.07. The predicted molar refractivity (Wildman–Crippen MR) is 80.4 cm³/mol. The van der Waals surface area contributed by atoms with Crippen molar-refractivity contribution in [3.8, 4) is 0 Å². The number of hydrogen-bond acceptors (Lipinski definition) is 6. The summed E-state index contributed by atoms with van der Waals surface area (Å²) in [6, 6.07) is 1.75. The number of primary amides is 1. The lowest BCUT2D eigenvalue weighted by Gasteiger charge is -2.30. The zero-order valence-electron chi connectivity index (χ0n) is 12.5. The number of benzene rings is 1. The summed E-state index contributed by atoms with van der Waals surface area (Å²) in [7, 11) is 0. The number of nitrogens with two attached hydrogens (primary N) is 1. The van der Waals surface area contributed by atoms with Crippen molar-refractivity contribution in [2.24, 2.45) is 5.73 Å². The highest BCUT2D eigenvalue weighted by molar-refractivity contribution is 6.31. The number of β-amino-alcohol motifs (C(OH)–C–C–N with tert-alkyl or cyclic N) is 1. The SMILES string of the molecule is CC(c1cc(F)cc(Cl)c1CO)N1CC(O)N(CC(N)=O)C1O. The van der Waals surface area contributed by atoms with Gasteiger partial charge < -0.3 is 21.1 Å². The molecule has 1 aliphatic rings. The molecule has 3 atom stereocenters. The van der Waals surface area contributed by atoms with Gasteiger partial charge in [0.2, 0.25) is 5.91 Å². The highest BCUT2D eigenvalue weighted by Gasteiger charge is 2.41. The van der Waals surface area contributed by atoms with Crippen LogP contribution in [0.2, 0.25) is 5.02 Å². The summed E-state index contributed by atoms with van der Waals surface area (Å²) in [5, 5.41) is 29.8. The van der Waals surface area contributed by atoms with Gasteiger partial charge in [-0.3, -0.25) is 9.69 Å². The molecule has 0 aromatic heterocycles. The maximum Gasteiger partial charge on any atom is 0.231 e. The first-order chi connectivity index (χ1) is 10.8. The van der Waals surface area contributed by atoms with Gasteiger partial charge in [-0.05, 0) is 24.6 Å². The number of nitrogens with zero attached hydrogens (tertiary/aromatic N) is 2. The maximum absolute atomic E-state index is 13.6. The lowest BCUT2D eigenvalue weighted by molar-refractivity contribution is -0.133. The molecule has 5 N–H and O–H groups in total. The van der Waals surface area contributed by atoms with E-state index in [2.05, 4.69) is 0 Å². The molecule has 0 aliphatic carbocycles. The molecule has 1 aromatic carbocycles. The third-order valence-corrected chi connectivity index (χ3v) is 4.33. The molecule has 0 spiro atoms. The van der Waals surface area contributed by atoms with E-state index in [4.69, 9.17) is 17.3 Å². The lowest BCUT2D eigenvalue weighted by Crippen LogP contribution is -2.45. The molecule has 1 heterocycles. The first-order valence-electron chi connectivity index (χ1n) is 7.00. The van der Waals surface area contributed by atoms with Crippen molar-refractivity contribution in [3.05, 3.63) is 34.1 Å². The topological polar surface area (TPSA) is 110 Å². The zero-order valence-corrected chi connectivity index (χ0v) is 13.2. The average Bonchev–Trinajstić information content (AvgIpc) is 2.73. The van der Waals surface area contributed by atoms with Crippen LogP contribution in [-0.2, 0) is 11.4 Å². The van der Waals surface area contributed by atoms with Crippen LogP contribution in [0.3, 0.4) is 0 Å². The summed E-state index contributed by atoms with van der Waals surface area (Å²) < 4.78 is 13.6. The van der Waals surface area contributed by atoms with Crippen LogP contribution < -0.4 is 5.73 Å². The fourth-order valence-electron chi connectivity index (χ4n) is 2.80. The van der Waals surface area contributed by atoms with E-state index >= 15 is 0 Å². The Hall–Kier alpha value is -1.29. The Balaban J connectivity index is 2.31. The molecule has 128 valence electrons. The Morgan fingerprint density at radius 3 is 2.74 bits per heavy atom. The van der Waals surface area contributed by atoms with Crippen molar-refractivity contribution in [2.45, 2.75) is 32.2 Å². The van der Waals surface area contributed by atoms with Gasteiger partial charge in [0.05, 0.1) is 13.2 Å². The minimum atomic E-state index is -1.28. The second-order valence-electron chi connectivity index (χ2n) is 5.45. The highest BCUT2D eigenvalue weighted by atomic mass is 35.5. The van der Waals surface area contributed by atoms with Crippen LogP contribution in [0.5, 0.6) is 0 Å². The van der Waals surface area contributed by atoms with Gasteiger partial charge in [0.1, 0.15) is 12.0 Å². The van der Waals surface area contributed by atoms with Crippen LogP contribution in [0.15, 0.2) is 12.1 Å². The minimum Gasteiger partial charge on any atom is -0.392 e. The second-order valence-corrected chi connectivity index (χ2v) is 5.86. The van der Waals surface area contributed by atoms with Gasteiger partial charge in [-0.15, -0.1) is 0 Å². The molecule has 0 saturated carbocycles. The molecule has 1 saturated heterocycles. The van der Waals surface area contributed by atoms with E-state index in [0.717, 1.165) is 11.0 Å². The van der Waals surface area contributed by atoms with E-state index in [9.17, 15) is 24.5 Å². The van der Waals surface area contributed by atoms with E-state index in [-0.39, 0.29) is 18.1 Å². The normalized spacial score (nSPS) is 24.1. The molecule has 7 nitrogen and oxygen atoms in total. The van der Waals surface area contributed by atoms with E-state index in [1.807, 2.05) is 0 Å². The molecule has 1 fully saturated rings. The summed E-state index contributed by atoms with van der Waals surface area (Å²) >= 11 is 5.95. The minimum absolute atomic E-state index is 0.0224. The molecule has 1 aliphatic heterocycles. The van der Waals surface area contributed by atoms with Gasteiger partial charge in [0, 0.05) is 23.2 Å². The van der Waals surface area contributed by atoms with E-state index in [1.54, 1.807) is 6.92 Å². The molecule has 0 bridgehead atoms. The highest BCUT2D eigenvalue weighted by Crippen LogP contribution is 2.33. The molecule has 9 heteroatoms. The Bertz CT molecular complexity index is 604. The van der Waals surface area contributed by atoms with Gasteiger partial charge >= 0.3 is 0 Å². The first-order valence-corrected chi connectivity index (χ1v) is 7.38. The van der Waals surface area contributed by atoms with Crippen molar-refractivity contribution in [3.63, 3.8) is 0 Å². The Morgan fingerprint density at radius 2 is 2.17 bits per heavy atom. The molecule has 1 amide bonds. The number of halogens is 2. The van der Waals surface area contributed by atoms with Gasteiger partial charge in [-0.25, -0.2) is 9.29 Å². The van der Waals surface area contributed by atoms with Gasteiger partial charge in [0.25, 0.3) is 0 Å². The second kappa shape index (κ2) is 7.08. The van der Waals surface area contributed by atoms with E-state index in [1.165, 1.54) is 11.0 Å². The number of hydrogen-bond donors (Lipinski definition) is 4. The Morgan fingerprint density at radius 1 is 1.52 bits per heavy atom. The van der Waals surface area contributed by atoms with Crippen LogP contribution in [0.1, 0.15) is 24.1 Å². The number of aliphatic hydroxyl groups is 3. The Labute approximate surface area is 137 Å². The van der Waals surface area contributed by atoms with Crippen LogP contribution >= 0.6 is 11.6 Å². The third kappa shape index (κ3) is 3.63. The first kappa shape index (κ1) is 18.1. The monoisotopic (exact) mass is 347 g/mol. The number of amides is 1.